The Hall–Kier alpha value is -0.400. The third-order valence-electron chi connectivity index (χ3n) is 16.0. The van der Waals surface area contributed by atoms with E-state index in [1.807, 2.05) is 13.8 Å². The molecule has 264 valence electrons. The van der Waals surface area contributed by atoms with Crippen molar-refractivity contribution in [1.82, 2.24) is 0 Å². The number of aliphatic hydroxyl groups is 7. The van der Waals surface area contributed by atoms with Crippen LogP contribution in [0.15, 0.2) is 0 Å². The molecule has 0 aromatic rings. The summed E-state index contributed by atoms with van der Waals surface area (Å²) in [6.45, 7) is 14.5. The van der Waals surface area contributed by atoms with Gasteiger partial charge in [-0.05, 0) is 117 Å². The lowest BCUT2D eigenvalue weighted by atomic mass is 9.41. The van der Waals surface area contributed by atoms with Crippen LogP contribution in [0.2, 0.25) is 0 Å². The molecule has 7 N–H and O–H groups in total. The zero-order valence-electron chi connectivity index (χ0n) is 28.9. The van der Waals surface area contributed by atoms with E-state index >= 15 is 0 Å². The molecule has 0 unspecified atom stereocenters. The van der Waals surface area contributed by atoms with E-state index in [1.54, 1.807) is 0 Å². The molecule has 0 bridgehead atoms. The second-order valence-corrected chi connectivity index (χ2v) is 18.7. The Kier molecular flexibility index (Phi) is 7.65. The van der Waals surface area contributed by atoms with Crippen molar-refractivity contribution in [3.05, 3.63) is 0 Å². The minimum atomic E-state index is -1.53. The number of hydrogen-bond acceptors (Lipinski definition) is 10. The van der Waals surface area contributed by atoms with Gasteiger partial charge in [0, 0.05) is 5.92 Å². The molecule has 7 aliphatic rings. The molecule has 0 aromatic heterocycles. The summed E-state index contributed by atoms with van der Waals surface area (Å²) < 4.78 is 19.4. The smallest absolute Gasteiger partial charge is 0.186 e. The van der Waals surface area contributed by atoms with Crippen molar-refractivity contribution in [3.63, 3.8) is 0 Å². The largest absolute Gasteiger partial charge is 0.394 e. The highest BCUT2D eigenvalue weighted by Gasteiger charge is 2.85. The molecule has 2 heterocycles. The molecule has 10 heteroatoms. The van der Waals surface area contributed by atoms with Gasteiger partial charge in [-0.15, -0.1) is 0 Å². The van der Waals surface area contributed by atoms with Crippen LogP contribution in [-0.2, 0) is 14.2 Å². The van der Waals surface area contributed by atoms with E-state index in [2.05, 4.69) is 34.6 Å². The van der Waals surface area contributed by atoms with Gasteiger partial charge in [0.15, 0.2) is 6.29 Å². The lowest BCUT2D eigenvalue weighted by Gasteiger charge is -2.65. The van der Waals surface area contributed by atoms with E-state index in [9.17, 15) is 35.7 Å². The van der Waals surface area contributed by atoms with Crippen molar-refractivity contribution < 1.29 is 50.0 Å². The van der Waals surface area contributed by atoms with E-state index in [-0.39, 0.29) is 39.4 Å². The fourth-order valence-corrected chi connectivity index (χ4v) is 13.7. The van der Waals surface area contributed by atoms with Gasteiger partial charge in [-0.1, -0.05) is 27.7 Å². The topological polar surface area (TPSA) is 169 Å². The normalized spacial score (nSPS) is 60.4. The zero-order valence-corrected chi connectivity index (χ0v) is 28.9. The van der Waals surface area contributed by atoms with Gasteiger partial charge in [0.1, 0.15) is 24.4 Å². The predicted octanol–water partition coefficient (Wildman–Crippen LogP) is 2.26. The Bertz CT molecular complexity index is 1210. The maximum atomic E-state index is 12.1. The predicted molar refractivity (Wildman–Crippen MR) is 167 cm³/mol. The number of hydrogen-bond donors (Lipinski definition) is 7. The van der Waals surface area contributed by atoms with E-state index in [4.69, 9.17) is 14.2 Å². The van der Waals surface area contributed by atoms with E-state index < -0.39 is 78.3 Å². The highest BCUT2D eigenvalue weighted by atomic mass is 16.7. The Balaban J connectivity index is 1.27. The summed E-state index contributed by atoms with van der Waals surface area (Å²) in [6.07, 6.45) is -1.59. The molecule has 5 saturated carbocycles. The van der Waals surface area contributed by atoms with Crippen LogP contribution >= 0.6 is 0 Å². The number of fused-ring (bicyclic) bond motifs is 2. The van der Waals surface area contributed by atoms with Crippen LogP contribution in [0.5, 0.6) is 0 Å². The summed E-state index contributed by atoms with van der Waals surface area (Å²) in [5.74, 6) is 0.0567. The molecule has 0 amide bonds. The van der Waals surface area contributed by atoms with E-state index in [0.717, 1.165) is 25.7 Å². The maximum Gasteiger partial charge on any atom is 0.186 e. The summed E-state index contributed by atoms with van der Waals surface area (Å²) >= 11 is 0. The molecule has 46 heavy (non-hydrogen) atoms. The summed E-state index contributed by atoms with van der Waals surface area (Å²) in [5, 5.41) is 76.1. The molecule has 2 spiro atoms. The van der Waals surface area contributed by atoms with Gasteiger partial charge in [-0.25, -0.2) is 0 Å². The quantitative estimate of drug-likeness (QED) is 0.224. The molecule has 5 aliphatic carbocycles. The van der Waals surface area contributed by atoms with Crippen LogP contribution in [0.4, 0.5) is 0 Å². The van der Waals surface area contributed by atoms with Gasteiger partial charge in [0.2, 0.25) is 0 Å². The molecule has 0 radical (unpaired) electrons. The summed E-state index contributed by atoms with van der Waals surface area (Å²) in [7, 11) is 0. The van der Waals surface area contributed by atoms with Gasteiger partial charge in [0.25, 0.3) is 0 Å². The van der Waals surface area contributed by atoms with Crippen LogP contribution in [0.25, 0.3) is 0 Å². The molecule has 0 aromatic carbocycles. The Morgan fingerprint density at radius 1 is 0.717 bits per heavy atom. The number of aliphatic hydroxyl groups excluding tert-OH is 7. The number of ether oxygens (including phenoxy) is 3. The monoisotopic (exact) mass is 652 g/mol. The molecule has 2 saturated heterocycles. The maximum absolute atomic E-state index is 12.1. The second-order valence-electron chi connectivity index (χ2n) is 18.7. The highest BCUT2D eigenvalue weighted by Crippen LogP contribution is 2.89. The van der Waals surface area contributed by atoms with Gasteiger partial charge in [0.05, 0.1) is 42.2 Å². The van der Waals surface area contributed by atoms with Crippen molar-refractivity contribution in [3.8, 4) is 0 Å². The molecular formula is C36H60O10. The van der Waals surface area contributed by atoms with Crippen LogP contribution in [-0.4, -0.2) is 109 Å². The Morgan fingerprint density at radius 2 is 1.39 bits per heavy atom. The van der Waals surface area contributed by atoms with Crippen molar-refractivity contribution in [1.29, 1.82) is 0 Å². The Morgan fingerprint density at radius 3 is 2.04 bits per heavy atom. The van der Waals surface area contributed by atoms with Gasteiger partial charge in [-0.3, -0.25) is 0 Å². The summed E-state index contributed by atoms with van der Waals surface area (Å²) in [6, 6.07) is 0. The first-order valence-corrected chi connectivity index (χ1v) is 18.0. The standard InChI is InChI=1S/C36H60O10/c1-30(2)22(39)9-11-36-17-35(36)13-12-32(5)27(34(7)10-8-23(40)31(3,4)46-34)18(38)15-33(32,6)21(35)14-19(28(30)36)44-29-26(43)25(42)24(41)20(16-37)45-29/h18-29,37-43H,8-17H2,1-7H3/t18-,19-,20+,21-,22-,23-,24+,25-,26+,27-,28-,29+,32+,33-,34+,35-,36+/m0/s1. The van der Waals surface area contributed by atoms with Gasteiger partial charge >= 0.3 is 0 Å². The second kappa shape index (κ2) is 10.3. The molecular weight excluding hydrogens is 592 g/mol. The summed E-state index contributed by atoms with van der Waals surface area (Å²) in [4.78, 5) is 0. The van der Waals surface area contributed by atoms with Crippen molar-refractivity contribution >= 4 is 0 Å². The number of rotatable bonds is 4. The van der Waals surface area contributed by atoms with Gasteiger partial charge < -0.3 is 50.0 Å². The fraction of sp³-hybridized carbons (Fsp3) is 1.00. The average Bonchev–Trinajstić information content (AvgIpc) is 3.56. The van der Waals surface area contributed by atoms with Crippen molar-refractivity contribution in [2.75, 3.05) is 6.61 Å². The lowest BCUT2D eigenvalue weighted by Crippen LogP contribution is -2.65. The summed E-state index contributed by atoms with van der Waals surface area (Å²) in [5.41, 5.74) is -2.30. The minimum Gasteiger partial charge on any atom is -0.394 e. The van der Waals surface area contributed by atoms with E-state index in [1.165, 1.54) is 0 Å². The first-order valence-electron chi connectivity index (χ1n) is 18.0. The van der Waals surface area contributed by atoms with E-state index in [0.29, 0.717) is 32.1 Å². The van der Waals surface area contributed by atoms with Crippen LogP contribution in [0.1, 0.15) is 106 Å². The third kappa shape index (κ3) is 4.18. The minimum absolute atomic E-state index is 0.0241. The third-order valence-corrected chi connectivity index (χ3v) is 16.0. The van der Waals surface area contributed by atoms with Crippen molar-refractivity contribution in [2.45, 2.75) is 173 Å². The van der Waals surface area contributed by atoms with Crippen LogP contribution < -0.4 is 0 Å². The Labute approximate surface area is 273 Å². The molecule has 7 rings (SSSR count). The first-order chi connectivity index (χ1) is 21.2. The SMILES string of the molecule is CC1(C)O[C@@](C)([C@H]2[C@@H](O)C[C@@]3(C)[C@@H]4C[C@H](O[C@@H]5O[C@H](CO)[C@@H](O)[C@H](O)[C@H]5O)[C@H]5C(C)(C)[C@@H](O)CC[C@@]56C[C@@]46CC[C@]23C)CC[C@@H]1O. The lowest BCUT2D eigenvalue weighted by molar-refractivity contribution is -0.331. The van der Waals surface area contributed by atoms with Gasteiger partial charge in [-0.2, -0.15) is 0 Å². The molecule has 2 aliphatic heterocycles. The first kappa shape index (κ1) is 34.1. The molecule has 10 nitrogen and oxygen atoms in total. The molecule has 7 fully saturated rings. The zero-order chi connectivity index (χ0) is 33.6. The van der Waals surface area contributed by atoms with Crippen molar-refractivity contribution in [2.24, 2.45) is 44.8 Å². The van der Waals surface area contributed by atoms with Crippen LogP contribution in [0.3, 0.4) is 0 Å². The highest BCUT2D eigenvalue weighted by molar-refractivity contribution is 5.33. The molecule has 17 atom stereocenters. The fourth-order valence-electron chi connectivity index (χ4n) is 13.7. The average molecular weight is 653 g/mol. The van der Waals surface area contributed by atoms with Crippen LogP contribution in [0, 0.1) is 44.8 Å².